The van der Waals surface area contributed by atoms with Gasteiger partial charge in [0.25, 0.3) is 5.91 Å². The van der Waals surface area contributed by atoms with Gasteiger partial charge in [-0.25, -0.2) is 4.79 Å². The van der Waals surface area contributed by atoms with Gasteiger partial charge in [0.2, 0.25) is 5.91 Å². The van der Waals surface area contributed by atoms with Gasteiger partial charge in [0.1, 0.15) is 0 Å². The number of carbonyl (C=O) groups is 3. The molecular weight excluding hydrogens is 238 g/mol. The fourth-order valence-corrected chi connectivity index (χ4v) is 2.35. The number of amides is 3. The van der Waals surface area contributed by atoms with E-state index in [0.717, 1.165) is 25.9 Å². The first kappa shape index (κ1) is 12.7. The minimum absolute atomic E-state index is 0.0411. The maximum Gasteiger partial charge on any atom is 0.405 e. The minimum atomic E-state index is -0.957. The van der Waals surface area contributed by atoms with Crippen molar-refractivity contribution < 1.29 is 19.1 Å². The lowest BCUT2D eigenvalue weighted by molar-refractivity contribution is -0.140. The van der Waals surface area contributed by atoms with Gasteiger partial charge < -0.3 is 20.3 Å². The number of primary amides is 1. The molecule has 18 heavy (non-hydrogen) atoms. The predicted molar refractivity (Wildman–Crippen MR) is 61.5 cm³/mol. The lowest BCUT2D eigenvalue weighted by Crippen LogP contribution is -2.41. The molecule has 3 amide bonds. The number of likely N-dealkylation sites (tertiary alicyclic amines) is 2. The first-order chi connectivity index (χ1) is 8.58. The second kappa shape index (κ2) is 5.24. The number of nitrogens with zero attached hydrogens (tertiary/aromatic N) is 2. The predicted octanol–water partition coefficient (Wildman–Crippen LogP) is -0.695. The standard InChI is InChI=1S/C11H17N3O4/c12-11(17)18-8-3-6-14(10(8)16)7-9(15)13-4-1-2-5-13/h8H,1-7H2,(H2,12,17)/t8-/m0/s1. The molecule has 0 spiro atoms. The van der Waals surface area contributed by atoms with Gasteiger partial charge in [-0.3, -0.25) is 9.59 Å². The van der Waals surface area contributed by atoms with Gasteiger partial charge in [0.05, 0.1) is 6.54 Å². The summed E-state index contributed by atoms with van der Waals surface area (Å²) in [6.07, 6.45) is 0.657. The van der Waals surface area contributed by atoms with Gasteiger partial charge >= 0.3 is 6.09 Å². The van der Waals surface area contributed by atoms with Crippen LogP contribution in [0.1, 0.15) is 19.3 Å². The van der Waals surface area contributed by atoms with Crippen LogP contribution in [0.15, 0.2) is 0 Å². The summed E-state index contributed by atoms with van der Waals surface area (Å²) in [6, 6.07) is 0. The molecule has 2 saturated heterocycles. The summed E-state index contributed by atoms with van der Waals surface area (Å²) in [5.74, 6) is -0.373. The van der Waals surface area contributed by atoms with Gasteiger partial charge in [-0.2, -0.15) is 0 Å². The maximum atomic E-state index is 11.9. The third-order valence-electron chi connectivity index (χ3n) is 3.29. The minimum Gasteiger partial charge on any atom is -0.436 e. The van der Waals surface area contributed by atoms with E-state index < -0.39 is 12.2 Å². The molecule has 7 heteroatoms. The first-order valence-electron chi connectivity index (χ1n) is 6.10. The molecule has 0 aromatic rings. The van der Waals surface area contributed by atoms with Crippen LogP contribution >= 0.6 is 0 Å². The van der Waals surface area contributed by atoms with Gasteiger partial charge in [-0.1, -0.05) is 0 Å². The second-order valence-corrected chi connectivity index (χ2v) is 4.56. The Morgan fingerprint density at radius 3 is 2.56 bits per heavy atom. The van der Waals surface area contributed by atoms with Crippen LogP contribution in [-0.2, 0) is 14.3 Å². The lowest BCUT2D eigenvalue weighted by Gasteiger charge is -2.20. The van der Waals surface area contributed by atoms with E-state index in [0.29, 0.717) is 13.0 Å². The van der Waals surface area contributed by atoms with Gasteiger partial charge in [-0.05, 0) is 12.8 Å². The van der Waals surface area contributed by atoms with Gasteiger partial charge in [0, 0.05) is 26.1 Å². The van der Waals surface area contributed by atoms with Crippen molar-refractivity contribution in [1.82, 2.24) is 9.80 Å². The van der Waals surface area contributed by atoms with E-state index in [1.165, 1.54) is 4.90 Å². The molecule has 2 fully saturated rings. The Labute approximate surface area is 105 Å². The normalized spacial score (nSPS) is 23.6. The molecule has 2 aliphatic rings. The van der Waals surface area contributed by atoms with E-state index >= 15 is 0 Å². The SMILES string of the molecule is NC(=O)O[C@H]1CCN(CC(=O)N2CCCC2)C1=O. The maximum absolute atomic E-state index is 11.9. The molecule has 2 aliphatic heterocycles. The van der Waals surface area contributed by atoms with E-state index in [2.05, 4.69) is 4.74 Å². The third-order valence-corrected chi connectivity index (χ3v) is 3.29. The molecule has 7 nitrogen and oxygen atoms in total. The Balaban J connectivity index is 1.85. The summed E-state index contributed by atoms with van der Waals surface area (Å²) < 4.78 is 4.68. The average molecular weight is 255 g/mol. The number of hydrogen-bond donors (Lipinski definition) is 1. The highest BCUT2D eigenvalue weighted by Gasteiger charge is 2.36. The molecule has 0 unspecified atom stereocenters. The smallest absolute Gasteiger partial charge is 0.405 e. The average Bonchev–Trinajstić information content (AvgIpc) is 2.93. The van der Waals surface area contributed by atoms with Crippen LogP contribution in [0.2, 0.25) is 0 Å². The van der Waals surface area contributed by atoms with Crippen molar-refractivity contribution in [2.75, 3.05) is 26.2 Å². The topological polar surface area (TPSA) is 92.9 Å². The quantitative estimate of drug-likeness (QED) is 0.722. The molecule has 2 rings (SSSR count). The fraction of sp³-hybridized carbons (Fsp3) is 0.727. The molecule has 1 atom stereocenters. The zero-order valence-corrected chi connectivity index (χ0v) is 10.1. The number of hydrogen-bond acceptors (Lipinski definition) is 4. The summed E-state index contributed by atoms with van der Waals surface area (Å²) in [7, 11) is 0. The molecule has 0 bridgehead atoms. The van der Waals surface area contributed by atoms with Crippen LogP contribution in [0.25, 0.3) is 0 Å². The molecule has 0 saturated carbocycles. The fourth-order valence-electron chi connectivity index (χ4n) is 2.35. The molecule has 0 aromatic heterocycles. The van der Waals surface area contributed by atoms with E-state index in [4.69, 9.17) is 5.73 Å². The highest BCUT2D eigenvalue weighted by Crippen LogP contribution is 2.15. The third kappa shape index (κ3) is 2.72. The van der Waals surface area contributed by atoms with Crippen LogP contribution in [0.3, 0.4) is 0 Å². The van der Waals surface area contributed by atoms with E-state index in [1.807, 2.05) is 0 Å². The summed E-state index contributed by atoms with van der Waals surface area (Å²) in [5.41, 5.74) is 4.87. The Hall–Kier alpha value is -1.79. The molecular formula is C11H17N3O4. The largest absolute Gasteiger partial charge is 0.436 e. The van der Waals surface area contributed by atoms with Crippen LogP contribution in [0.4, 0.5) is 4.79 Å². The zero-order chi connectivity index (χ0) is 13.1. The van der Waals surface area contributed by atoms with E-state index in [9.17, 15) is 14.4 Å². The van der Waals surface area contributed by atoms with Crippen LogP contribution < -0.4 is 5.73 Å². The summed E-state index contributed by atoms with van der Waals surface area (Å²) in [6.45, 7) is 2.03. The Kier molecular flexibility index (Phi) is 3.69. The van der Waals surface area contributed by atoms with E-state index in [1.54, 1.807) is 4.90 Å². The van der Waals surface area contributed by atoms with Crippen LogP contribution in [-0.4, -0.2) is 60.0 Å². The summed E-state index contributed by atoms with van der Waals surface area (Å²) >= 11 is 0. The molecule has 2 heterocycles. The number of carbonyl (C=O) groups excluding carboxylic acids is 3. The van der Waals surface area contributed by atoms with Crippen molar-refractivity contribution in [3.05, 3.63) is 0 Å². The van der Waals surface area contributed by atoms with Crippen molar-refractivity contribution in [1.29, 1.82) is 0 Å². The molecule has 100 valence electrons. The Morgan fingerprint density at radius 1 is 1.28 bits per heavy atom. The second-order valence-electron chi connectivity index (χ2n) is 4.56. The zero-order valence-electron chi connectivity index (χ0n) is 10.1. The highest BCUT2D eigenvalue weighted by atomic mass is 16.6. The van der Waals surface area contributed by atoms with Gasteiger partial charge in [0.15, 0.2) is 6.10 Å². The molecule has 0 aromatic carbocycles. The van der Waals surface area contributed by atoms with Gasteiger partial charge in [-0.15, -0.1) is 0 Å². The van der Waals surface area contributed by atoms with Crippen LogP contribution in [0, 0.1) is 0 Å². The monoisotopic (exact) mass is 255 g/mol. The lowest BCUT2D eigenvalue weighted by atomic mass is 10.3. The molecule has 0 aliphatic carbocycles. The van der Waals surface area contributed by atoms with Crippen molar-refractivity contribution >= 4 is 17.9 Å². The molecule has 0 radical (unpaired) electrons. The number of ether oxygens (including phenoxy) is 1. The Morgan fingerprint density at radius 2 is 1.94 bits per heavy atom. The number of rotatable bonds is 3. The highest BCUT2D eigenvalue weighted by molar-refractivity contribution is 5.89. The molecule has 2 N–H and O–H groups in total. The van der Waals surface area contributed by atoms with Crippen LogP contribution in [0.5, 0.6) is 0 Å². The van der Waals surface area contributed by atoms with Crippen molar-refractivity contribution in [2.24, 2.45) is 5.73 Å². The summed E-state index contributed by atoms with van der Waals surface area (Å²) in [5, 5.41) is 0. The van der Waals surface area contributed by atoms with E-state index in [-0.39, 0.29) is 18.4 Å². The van der Waals surface area contributed by atoms with Crippen molar-refractivity contribution in [3.8, 4) is 0 Å². The van der Waals surface area contributed by atoms with Crippen molar-refractivity contribution in [2.45, 2.75) is 25.4 Å². The number of nitrogens with two attached hydrogens (primary N) is 1. The first-order valence-corrected chi connectivity index (χ1v) is 6.10. The van der Waals surface area contributed by atoms with Crippen molar-refractivity contribution in [3.63, 3.8) is 0 Å². The Bertz CT molecular complexity index is 365. The summed E-state index contributed by atoms with van der Waals surface area (Å²) in [4.78, 5) is 37.5.